The van der Waals surface area contributed by atoms with Gasteiger partial charge in [-0.3, -0.25) is 19.7 Å². The summed E-state index contributed by atoms with van der Waals surface area (Å²) < 4.78 is 4.72. The van der Waals surface area contributed by atoms with Crippen molar-refractivity contribution in [2.75, 3.05) is 6.61 Å². The summed E-state index contributed by atoms with van der Waals surface area (Å²) >= 11 is 0. The lowest BCUT2D eigenvalue weighted by molar-refractivity contribution is -0.145. The number of carboxylic acid groups (broad SMARTS) is 2. The van der Waals surface area contributed by atoms with Gasteiger partial charge in [-0.1, -0.05) is 44.6 Å². The van der Waals surface area contributed by atoms with Gasteiger partial charge < -0.3 is 20.3 Å². The number of carboxylic acids is 2. The average Bonchev–Trinajstić information content (AvgIpc) is 2.75. The zero-order chi connectivity index (χ0) is 23.1. The van der Waals surface area contributed by atoms with Crippen LogP contribution < -0.4 is 10.6 Å². The van der Waals surface area contributed by atoms with E-state index in [0.717, 1.165) is 12.1 Å². The molecule has 2 fully saturated rings. The maximum absolute atomic E-state index is 11.4. The van der Waals surface area contributed by atoms with Crippen molar-refractivity contribution in [1.82, 2.24) is 10.6 Å². The van der Waals surface area contributed by atoms with Gasteiger partial charge in [0, 0.05) is 18.5 Å². The molecule has 178 valence electrons. The van der Waals surface area contributed by atoms with Crippen LogP contribution in [0.15, 0.2) is 12.7 Å². The molecule has 1 unspecified atom stereocenters. The number of ether oxygens (including phenoxy) is 1. The van der Waals surface area contributed by atoms with Crippen LogP contribution in [0.25, 0.3) is 0 Å². The molecule has 0 aromatic rings. The molecule has 0 saturated heterocycles. The summed E-state index contributed by atoms with van der Waals surface area (Å²) in [5.74, 6) is -2.98. The first-order valence-corrected chi connectivity index (χ1v) is 11.6. The lowest BCUT2D eigenvalue weighted by Crippen LogP contribution is -2.47. The minimum atomic E-state index is -1.23. The van der Waals surface area contributed by atoms with Crippen LogP contribution in [-0.2, 0) is 19.1 Å². The number of hydrogen-bond donors (Lipinski definition) is 4. The van der Waals surface area contributed by atoms with Gasteiger partial charge in [0.2, 0.25) is 0 Å². The third kappa shape index (κ3) is 11.9. The molecule has 2 atom stereocenters. The van der Waals surface area contributed by atoms with Gasteiger partial charge in [-0.15, -0.1) is 6.58 Å². The third-order valence-electron chi connectivity index (χ3n) is 5.78. The normalized spacial score (nSPS) is 19.4. The Bertz CT molecular complexity index is 540. The van der Waals surface area contributed by atoms with Crippen LogP contribution in [0.1, 0.15) is 84.0 Å². The van der Waals surface area contributed by atoms with Crippen molar-refractivity contribution in [1.29, 1.82) is 0 Å². The highest BCUT2D eigenvalue weighted by molar-refractivity contribution is 5.80. The van der Waals surface area contributed by atoms with Crippen molar-refractivity contribution in [3.8, 4) is 0 Å². The summed E-state index contributed by atoms with van der Waals surface area (Å²) in [5, 5.41) is 23.7. The Balaban J connectivity index is 0.000000323. The topological polar surface area (TPSA) is 125 Å². The molecule has 0 aromatic heterocycles. The van der Waals surface area contributed by atoms with E-state index in [1.165, 1.54) is 70.3 Å². The predicted octanol–water partition coefficient (Wildman–Crippen LogP) is 3.25. The summed E-state index contributed by atoms with van der Waals surface area (Å²) in [6.07, 6.45) is 15.3. The number of esters is 1. The second-order valence-electron chi connectivity index (χ2n) is 8.29. The molecular formula is C23H40N2O6. The van der Waals surface area contributed by atoms with Crippen LogP contribution in [0.5, 0.6) is 0 Å². The average molecular weight is 441 g/mol. The zero-order valence-electron chi connectivity index (χ0n) is 18.8. The number of hydrogen-bond acceptors (Lipinski definition) is 6. The Morgan fingerprint density at radius 2 is 1.52 bits per heavy atom. The second kappa shape index (κ2) is 15.8. The molecule has 0 aromatic carbocycles. The zero-order valence-corrected chi connectivity index (χ0v) is 18.8. The molecule has 31 heavy (non-hydrogen) atoms. The van der Waals surface area contributed by atoms with Crippen LogP contribution in [0, 0.1) is 0 Å². The van der Waals surface area contributed by atoms with E-state index in [1.807, 2.05) is 0 Å². The van der Waals surface area contributed by atoms with Crippen molar-refractivity contribution in [3.05, 3.63) is 12.7 Å². The van der Waals surface area contributed by atoms with Gasteiger partial charge in [0.05, 0.1) is 6.61 Å². The smallest absolute Gasteiger partial charge is 0.327 e. The summed E-state index contributed by atoms with van der Waals surface area (Å²) in [4.78, 5) is 32.7. The molecule has 0 bridgehead atoms. The van der Waals surface area contributed by atoms with Crippen molar-refractivity contribution >= 4 is 17.9 Å². The van der Waals surface area contributed by atoms with Gasteiger partial charge in [0.15, 0.2) is 0 Å². The molecule has 0 amide bonds. The Morgan fingerprint density at radius 3 is 1.90 bits per heavy atom. The second-order valence-corrected chi connectivity index (χ2v) is 8.29. The van der Waals surface area contributed by atoms with Crippen LogP contribution in [0.3, 0.4) is 0 Å². The van der Waals surface area contributed by atoms with E-state index in [9.17, 15) is 14.4 Å². The fraction of sp³-hybridized carbons (Fsp3) is 0.783. The van der Waals surface area contributed by atoms with Crippen LogP contribution in [0.2, 0.25) is 0 Å². The van der Waals surface area contributed by atoms with Gasteiger partial charge in [0.25, 0.3) is 0 Å². The highest BCUT2D eigenvalue weighted by atomic mass is 16.5. The minimum absolute atomic E-state index is 0.131. The molecule has 0 radical (unpaired) electrons. The van der Waals surface area contributed by atoms with Gasteiger partial charge in [-0.05, 0) is 39.0 Å². The molecule has 2 aliphatic carbocycles. The molecule has 8 heteroatoms. The Morgan fingerprint density at radius 1 is 1.00 bits per heavy atom. The highest BCUT2D eigenvalue weighted by Crippen LogP contribution is 2.22. The van der Waals surface area contributed by atoms with Crippen molar-refractivity contribution in [3.63, 3.8) is 0 Å². The van der Waals surface area contributed by atoms with E-state index in [-0.39, 0.29) is 19.4 Å². The Hall–Kier alpha value is -1.93. The van der Waals surface area contributed by atoms with Crippen molar-refractivity contribution < 1.29 is 29.3 Å². The Labute approximate surface area is 185 Å². The van der Waals surface area contributed by atoms with Crippen molar-refractivity contribution in [2.24, 2.45) is 0 Å². The highest BCUT2D eigenvalue weighted by Gasteiger charge is 2.25. The minimum Gasteiger partial charge on any atom is -0.481 e. The standard InChI is InChI=1S/C12H23N.C11H17NO6/c1-3-7-11(8-4-1)13-12-9-5-2-6-10-12;1-3-7(11(17)18-4-2)12-8(10(15)16)5-6-9(13)14/h11-13H,1-10H2;3,7-8,12H,1,4-6H2,2H3,(H,13,14)(H,15,16)/t;7?,8-/m.0/s1. The van der Waals surface area contributed by atoms with Crippen LogP contribution in [0.4, 0.5) is 0 Å². The van der Waals surface area contributed by atoms with E-state index in [4.69, 9.17) is 14.9 Å². The monoisotopic (exact) mass is 440 g/mol. The van der Waals surface area contributed by atoms with Gasteiger partial charge >= 0.3 is 17.9 Å². The molecule has 0 aliphatic heterocycles. The molecule has 0 heterocycles. The maximum atomic E-state index is 11.4. The lowest BCUT2D eigenvalue weighted by Gasteiger charge is -2.30. The third-order valence-corrected chi connectivity index (χ3v) is 5.78. The fourth-order valence-electron chi connectivity index (χ4n) is 4.10. The molecule has 4 N–H and O–H groups in total. The van der Waals surface area contributed by atoms with E-state index >= 15 is 0 Å². The molecular weight excluding hydrogens is 400 g/mol. The van der Waals surface area contributed by atoms with Crippen molar-refractivity contribution in [2.45, 2.75) is 108 Å². The van der Waals surface area contributed by atoms with E-state index in [1.54, 1.807) is 6.92 Å². The first kappa shape index (κ1) is 27.1. The molecule has 2 saturated carbocycles. The van der Waals surface area contributed by atoms with Gasteiger partial charge in [0.1, 0.15) is 12.1 Å². The van der Waals surface area contributed by atoms with E-state index in [2.05, 4.69) is 17.2 Å². The number of carbonyl (C=O) groups is 3. The number of rotatable bonds is 11. The molecule has 2 rings (SSSR count). The summed E-state index contributed by atoms with van der Waals surface area (Å²) in [7, 11) is 0. The quantitative estimate of drug-likeness (QED) is 0.285. The summed E-state index contributed by atoms with van der Waals surface area (Å²) in [6.45, 7) is 5.19. The molecule has 2 aliphatic rings. The first-order chi connectivity index (χ1) is 14.9. The lowest BCUT2D eigenvalue weighted by atomic mass is 9.91. The number of carbonyl (C=O) groups excluding carboxylic acids is 1. The van der Waals surface area contributed by atoms with Crippen LogP contribution >= 0.6 is 0 Å². The predicted molar refractivity (Wildman–Crippen MR) is 119 cm³/mol. The summed E-state index contributed by atoms with van der Waals surface area (Å²) in [5.41, 5.74) is 0. The SMILES string of the molecule is C1CCC(NC2CCCCC2)CC1.C=CC(N[C@@H](CCC(=O)O)C(=O)O)C(=O)OCC. The van der Waals surface area contributed by atoms with Gasteiger partial charge in [-0.2, -0.15) is 0 Å². The number of aliphatic carboxylic acids is 2. The molecule has 8 nitrogen and oxygen atoms in total. The van der Waals surface area contributed by atoms with Gasteiger partial charge in [-0.25, -0.2) is 0 Å². The summed E-state index contributed by atoms with van der Waals surface area (Å²) in [6, 6.07) is -0.373. The Kier molecular flexibility index (Phi) is 13.8. The van der Waals surface area contributed by atoms with E-state index in [0.29, 0.717) is 0 Å². The maximum Gasteiger partial charge on any atom is 0.327 e. The largest absolute Gasteiger partial charge is 0.481 e. The van der Waals surface area contributed by atoms with E-state index < -0.39 is 30.0 Å². The number of nitrogens with one attached hydrogen (secondary N) is 2. The van der Waals surface area contributed by atoms with Crippen LogP contribution in [-0.4, -0.2) is 58.9 Å². The first-order valence-electron chi connectivity index (χ1n) is 11.6. The fourth-order valence-corrected chi connectivity index (χ4v) is 4.10. The molecule has 0 spiro atoms.